The predicted molar refractivity (Wildman–Crippen MR) is 101 cm³/mol. The lowest BCUT2D eigenvalue weighted by molar-refractivity contribution is -0.385. The van der Waals surface area contributed by atoms with Crippen LogP contribution in [0.5, 0.6) is 11.5 Å². The number of carbonyl (C=O) groups is 2. The Hall–Kier alpha value is -3.75. The molecule has 2 aromatic carbocycles. The van der Waals surface area contributed by atoms with Crippen LogP contribution in [0.25, 0.3) is 0 Å². The van der Waals surface area contributed by atoms with Crippen molar-refractivity contribution in [3.8, 4) is 11.5 Å². The molecule has 144 valence electrons. The van der Waals surface area contributed by atoms with Gasteiger partial charge in [-0.25, -0.2) is 4.79 Å². The summed E-state index contributed by atoms with van der Waals surface area (Å²) in [6, 6.07) is 12.2. The summed E-state index contributed by atoms with van der Waals surface area (Å²) in [7, 11) is 1.37. The molecule has 0 aliphatic carbocycles. The van der Waals surface area contributed by atoms with Crippen molar-refractivity contribution in [2.45, 2.75) is 19.4 Å². The molecule has 2 aromatic rings. The number of carbonyl (C=O) groups excluding carboxylic acids is 2. The number of methoxy groups -OCH3 is 1. The third-order valence-corrected chi connectivity index (χ3v) is 4.20. The Morgan fingerprint density at radius 1 is 1.21 bits per heavy atom. The first-order valence-electron chi connectivity index (χ1n) is 8.37. The molecule has 0 bridgehead atoms. The standard InChI is InChI=1S/C19H17N3O6/c1-12(23)16-11-15(20-21(16)13-6-4-3-5-7-13)19(24)28-18-9-8-14(27-2)10-17(18)22(25)26/h3-10,16H,11H2,1-2H3. The SMILES string of the molecule is COc1ccc(OC(=O)C2=NN(c3ccccc3)C(C(C)=O)C2)c([N+](=O)[O-])c1. The number of nitrogens with zero attached hydrogens (tertiary/aromatic N) is 3. The van der Waals surface area contributed by atoms with Crippen molar-refractivity contribution >= 4 is 28.8 Å². The summed E-state index contributed by atoms with van der Waals surface area (Å²) in [5.41, 5.74) is 0.254. The molecule has 1 heterocycles. The fraction of sp³-hybridized carbons (Fsp3) is 0.211. The summed E-state index contributed by atoms with van der Waals surface area (Å²) < 4.78 is 10.2. The maximum atomic E-state index is 12.5. The van der Waals surface area contributed by atoms with Crippen LogP contribution in [0.2, 0.25) is 0 Å². The van der Waals surface area contributed by atoms with Gasteiger partial charge in [-0.05, 0) is 31.2 Å². The number of ether oxygens (including phenoxy) is 2. The summed E-state index contributed by atoms with van der Waals surface area (Å²) in [6.45, 7) is 1.42. The van der Waals surface area contributed by atoms with Gasteiger partial charge in [0.1, 0.15) is 17.5 Å². The Balaban J connectivity index is 1.87. The van der Waals surface area contributed by atoms with E-state index in [4.69, 9.17) is 9.47 Å². The van der Waals surface area contributed by atoms with E-state index in [0.29, 0.717) is 5.69 Å². The zero-order valence-corrected chi connectivity index (χ0v) is 15.2. The van der Waals surface area contributed by atoms with Crippen molar-refractivity contribution in [2.75, 3.05) is 12.1 Å². The fourth-order valence-electron chi connectivity index (χ4n) is 2.78. The molecule has 1 aliphatic heterocycles. The minimum absolute atomic E-state index is 0.00849. The normalized spacial score (nSPS) is 15.7. The fourth-order valence-corrected chi connectivity index (χ4v) is 2.78. The van der Waals surface area contributed by atoms with Gasteiger partial charge in [-0.15, -0.1) is 0 Å². The van der Waals surface area contributed by atoms with Crippen LogP contribution in [-0.4, -0.2) is 35.5 Å². The maximum absolute atomic E-state index is 12.5. The summed E-state index contributed by atoms with van der Waals surface area (Å²) in [4.78, 5) is 35.1. The van der Waals surface area contributed by atoms with Crippen molar-refractivity contribution in [1.29, 1.82) is 0 Å². The molecule has 0 saturated carbocycles. The molecule has 0 N–H and O–H groups in total. The largest absolute Gasteiger partial charge is 0.496 e. The first-order valence-corrected chi connectivity index (χ1v) is 8.37. The molecule has 0 radical (unpaired) electrons. The van der Waals surface area contributed by atoms with E-state index in [9.17, 15) is 19.7 Å². The molecule has 1 aliphatic rings. The van der Waals surface area contributed by atoms with E-state index in [0.717, 1.165) is 6.07 Å². The van der Waals surface area contributed by atoms with Crippen LogP contribution >= 0.6 is 0 Å². The monoisotopic (exact) mass is 383 g/mol. The Labute approximate surface area is 160 Å². The topological polar surface area (TPSA) is 111 Å². The van der Waals surface area contributed by atoms with E-state index in [1.807, 2.05) is 6.07 Å². The second kappa shape index (κ2) is 7.87. The zero-order chi connectivity index (χ0) is 20.3. The molecule has 3 rings (SSSR count). The Kier molecular flexibility index (Phi) is 5.35. The summed E-state index contributed by atoms with van der Waals surface area (Å²) in [6.07, 6.45) is 0.0486. The number of nitro benzene ring substituents is 1. The van der Waals surface area contributed by atoms with Gasteiger partial charge in [0.05, 0.1) is 23.8 Å². The van der Waals surface area contributed by atoms with Gasteiger partial charge in [0.25, 0.3) is 0 Å². The summed E-state index contributed by atoms with van der Waals surface area (Å²) >= 11 is 0. The van der Waals surface area contributed by atoms with E-state index >= 15 is 0 Å². The molecule has 9 nitrogen and oxygen atoms in total. The minimum Gasteiger partial charge on any atom is -0.496 e. The minimum atomic E-state index is -0.849. The van der Waals surface area contributed by atoms with Crippen LogP contribution in [0.15, 0.2) is 53.6 Å². The van der Waals surface area contributed by atoms with E-state index in [1.165, 1.54) is 31.2 Å². The van der Waals surface area contributed by atoms with Gasteiger partial charge in [0, 0.05) is 6.42 Å². The Morgan fingerprint density at radius 3 is 2.54 bits per heavy atom. The number of hydrogen-bond acceptors (Lipinski definition) is 8. The van der Waals surface area contributed by atoms with E-state index in [-0.39, 0.29) is 29.4 Å². The zero-order valence-electron chi connectivity index (χ0n) is 15.2. The Morgan fingerprint density at radius 2 is 1.93 bits per heavy atom. The number of Topliss-reactive ketones (excluding diaryl/α,β-unsaturated/α-hetero) is 1. The lowest BCUT2D eigenvalue weighted by Gasteiger charge is -2.20. The van der Waals surface area contributed by atoms with Crippen molar-refractivity contribution in [3.63, 3.8) is 0 Å². The van der Waals surface area contributed by atoms with Crippen LogP contribution in [0.4, 0.5) is 11.4 Å². The number of nitro groups is 1. The lowest BCUT2D eigenvalue weighted by Crippen LogP contribution is -2.33. The number of esters is 1. The number of hydrogen-bond donors (Lipinski definition) is 0. The van der Waals surface area contributed by atoms with Crippen molar-refractivity contribution < 1.29 is 24.0 Å². The van der Waals surface area contributed by atoms with Crippen molar-refractivity contribution in [3.05, 3.63) is 58.6 Å². The molecule has 0 aromatic heterocycles. The van der Waals surface area contributed by atoms with Gasteiger partial charge < -0.3 is 9.47 Å². The molecule has 1 unspecified atom stereocenters. The summed E-state index contributed by atoms with van der Waals surface area (Å²) in [5.74, 6) is -0.976. The number of ketones is 1. The van der Waals surface area contributed by atoms with E-state index in [1.54, 1.807) is 24.3 Å². The maximum Gasteiger partial charge on any atom is 0.360 e. The van der Waals surface area contributed by atoms with Gasteiger partial charge in [0.15, 0.2) is 5.78 Å². The number of anilines is 1. The third-order valence-electron chi connectivity index (χ3n) is 4.20. The second-order valence-electron chi connectivity index (χ2n) is 6.04. The van der Waals surface area contributed by atoms with Gasteiger partial charge >= 0.3 is 11.7 Å². The molecule has 0 spiro atoms. The average Bonchev–Trinajstić information content (AvgIpc) is 3.15. The molecule has 28 heavy (non-hydrogen) atoms. The van der Waals surface area contributed by atoms with Crippen LogP contribution < -0.4 is 14.5 Å². The highest BCUT2D eigenvalue weighted by Gasteiger charge is 2.35. The first kappa shape index (κ1) is 19.0. The highest BCUT2D eigenvalue weighted by molar-refractivity contribution is 6.38. The van der Waals surface area contributed by atoms with Crippen molar-refractivity contribution in [1.82, 2.24) is 0 Å². The predicted octanol–water partition coefficient (Wildman–Crippen LogP) is 2.73. The van der Waals surface area contributed by atoms with Gasteiger partial charge in [0.2, 0.25) is 5.75 Å². The van der Waals surface area contributed by atoms with Crippen molar-refractivity contribution in [2.24, 2.45) is 5.10 Å². The number of rotatable bonds is 6. The highest BCUT2D eigenvalue weighted by atomic mass is 16.6. The van der Waals surface area contributed by atoms with Crippen LogP contribution in [0, 0.1) is 10.1 Å². The number of para-hydroxylation sites is 1. The van der Waals surface area contributed by atoms with Crippen LogP contribution in [0.1, 0.15) is 13.3 Å². The average molecular weight is 383 g/mol. The van der Waals surface area contributed by atoms with E-state index in [2.05, 4.69) is 5.10 Å². The first-order chi connectivity index (χ1) is 13.4. The third kappa shape index (κ3) is 3.83. The Bertz CT molecular complexity index is 957. The van der Waals surface area contributed by atoms with Crippen LogP contribution in [-0.2, 0) is 9.59 Å². The quantitative estimate of drug-likeness (QED) is 0.326. The van der Waals surface area contributed by atoms with E-state index < -0.39 is 22.6 Å². The smallest absolute Gasteiger partial charge is 0.360 e. The van der Waals surface area contributed by atoms with Crippen LogP contribution in [0.3, 0.4) is 0 Å². The number of hydrazone groups is 1. The number of benzene rings is 2. The van der Waals surface area contributed by atoms with Gasteiger partial charge in [-0.3, -0.25) is 19.9 Å². The molecule has 1 atom stereocenters. The molecule has 9 heteroatoms. The van der Waals surface area contributed by atoms with Gasteiger partial charge in [-0.2, -0.15) is 5.10 Å². The highest BCUT2D eigenvalue weighted by Crippen LogP contribution is 2.32. The summed E-state index contributed by atoms with van der Waals surface area (Å²) in [5, 5.41) is 16.9. The molecule has 0 amide bonds. The lowest BCUT2D eigenvalue weighted by atomic mass is 10.1. The molecule has 0 fully saturated rings. The molecular formula is C19H17N3O6. The molecular weight excluding hydrogens is 366 g/mol. The second-order valence-corrected chi connectivity index (χ2v) is 6.04. The van der Waals surface area contributed by atoms with Gasteiger partial charge in [-0.1, -0.05) is 18.2 Å². The molecule has 0 saturated heterocycles.